The molecule has 0 aromatic carbocycles. The second-order valence-electron chi connectivity index (χ2n) is 0.780. The summed E-state index contributed by atoms with van der Waals surface area (Å²) in [7, 11) is 0.766. The van der Waals surface area contributed by atoms with Crippen molar-refractivity contribution in [2.75, 3.05) is 13.8 Å². The molecule has 0 amide bonds. The van der Waals surface area contributed by atoms with Crippen molar-refractivity contribution in [2.45, 2.75) is 0 Å². The quantitative estimate of drug-likeness (QED) is 0.466. The highest BCUT2D eigenvalue weighted by Crippen LogP contribution is 2.26. The number of hydrogen-bond acceptors (Lipinski definition) is 2. The Bertz CT molecular complexity index is 67.7. The molecule has 2 nitrogen and oxygen atoms in total. The number of hydrogen-bond donors (Lipinski definition) is 0. The molecular formula is C3H6NOP. The fourth-order valence-corrected chi connectivity index (χ4v) is 0.122. The topological polar surface area (TPSA) is 33.0 Å². The summed E-state index contributed by atoms with van der Waals surface area (Å²) in [6.07, 6.45) is 0. The van der Waals surface area contributed by atoms with Gasteiger partial charge in [0, 0.05) is 7.11 Å². The van der Waals surface area contributed by atoms with Crippen molar-refractivity contribution >= 4 is 8.15 Å². The van der Waals surface area contributed by atoms with Gasteiger partial charge >= 0.3 is 0 Å². The van der Waals surface area contributed by atoms with E-state index >= 15 is 0 Å². The second-order valence-corrected chi connectivity index (χ2v) is 2.34. The highest BCUT2D eigenvalue weighted by atomic mass is 31.1. The Kier molecular flexibility index (Phi) is 3.02. The first-order valence-electron chi connectivity index (χ1n) is 1.49. The molecule has 0 aromatic heterocycles. The molecule has 0 aliphatic carbocycles. The zero-order valence-corrected chi connectivity index (χ0v) is 4.70. The van der Waals surface area contributed by atoms with Crippen LogP contribution < -0.4 is 0 Å². The lowest BCUT2D eigenvalue weighted by Crippen LogP contribution is -1.65. The zero-order chi connectivity index (χ0) is 4.99. The van der Waals surface area contributed by atoms with Crippen LogP contribution in [0.4, 0.5) is 0 Å². The van der Waals surface area contributed by atoms with Gasteiger partial charge in [-0.3, -0.25) is 0 Å². The minimum atomic E-state index is -0.771. The third kappa shape index (κ3) is 2.14. The van der Waals surface area contributed by atoms with Crippen molar-refractivity contribution in [1.29, 1.82) is 5.26 Å². The first kappa shape index (κ1) is 5.88. The predicted molar refractivity (Wildman–Crippen MR) is 25.5 cm³/mol. The first-order chi connectivity index (χ1) is 2.81. The lowest BCUT2D eigenvalue weighted by Gasteiger charge is -1.90. The van der Waals surface area contributed by atoms with E-state index in [2.05, 4.69) is 4.52 Å². The van der Waals surface area contributed by atoms with Crippen LogP contribution in [0, 0.1) is 11.1 Å². The molecule has 0 aromatic rings. The van der Waals surface area contributed by atoms with Crippen LogP contribution in [0.15, 0.2) is 0 Å². The van der Waals surface area contributed by atoms with Gasteiger partial charge < -0.3 is 4.52 Å². The van der Waals surface area contributed by atoms with Gasteiger partial charge in [0.1, 0.15) is 14.0 Å². The Morgan fingerprint density at radius 2 is 2.33 bits per heavy atom. The van der Waals surface area contributed by atoms with Gasteiger partial charge in [0.25, 0.3) is 0 Å². The predicted octanol–water partition coefficient (Wildman–Crippen LogP) is 1.14. The van der Waals surface area contributed by atoms with Gasteiger partial charge in [-0.2, -0.15) is 5.26 Å². The van der Waals surface area contributed by atoms with Gasteiger partial charge in [0.2, 0.25) is 0 Å². The minimum Gasteiger partial charge on any atom is -0.348 e. The fraction of sp³-hybridized carbons (Fsp3) is 0.667. The van der Waals surface area contributed by atoms with E-state index < -0.39 is 8.15 Å². The van der Waals surface area contributed by atoms with E-state index in [1.807, 2.05) is 5.81 Å². The normalized spacial score (nSPS) is 12.8. The third-order valence-electron chi connectivity index (χ3n) is 0.415. The maximum Gasteiger partial charge on any atom is 0.133 e. The maximum atomic E-state index is 7.99. The zero-order valence-electron chi connectivity index (χ0n) is 3.80. The standard InChI is InChI=1S/C3H6NOP/c1-5-6(2)3-4/h1-2H3. The molecule has 0 bridgehead atoms. The molecule has 0 rings (SSSR count). The summed E-state index contributed by atoms with van der Waals surface area (Å²) in [5.41, 5.74) is 0. The molecule has 0 heterocycles. The van der Waals surface area contributed by atoms with Crippen molar-refractivity contribution < 1.29 is 4.52 Å². The van der Waals surface area contributed by atoms with E-state index in [4.69, 9.17) is 5.26 Å². The van der Waals surface area contributed by atoms with Crippen LogP contribution in [-0.2, 0) is 4.52 Å². The molecule has 0 spiro atoms. The van der Waals surface area contributed by atoms with Gasteiger partial charge in [-0.05, 0) is 6.66 Å². The summed E-state index contributed by atoms with van der Waals surface area (Å²) >= 11 is 0. The van der Waals surface area contributed by atoms with Crippen LogP contribution in [0.1, 0.15) is 0 Å². The molecule has 0 aliphatic rings. The van der Waals surface area contributed by atoms with Crippen molar-refractivity contribution in [3.63, 3.8) is 0 Å². The average molecular weight is 103 g/mol. The second kappa shape index (κ2) is 3.08. The summed E-state index contributed by atoms with van der Waals surface area (Å²) in [5.74, 6) is 1.96. The van der Waals surface area contributed by atoms with Crippen LogP contribution in [-0.4, -0.2) is 13.8 Å². The summed E-state index contributed by atoms with van der Waals surface area (Å²) in [6.45, 7) is 1.76. The molecule has 0 N–H and O–H groups in total. The molecule has 1 atom stereocenters. The SMILES string of the molecule is COP(C)C#N. The Balaban J connectivity index is 3.04. The van der Waals surface area contributed by atoms with E-state index in [1.165, 1.54) is 7.11 Å². The van der Waals surface area contributed by atoms with Crippen LogP contribution in [0.2, 0.25) is 0 Å². The average Bonchev–Trinajstić information content (AvgIpc) is 1.65. The van der Waals surface area contributed by atoms with Crippen molar-refractivity contribution in [3.8, 4) is 5.81 Å². The van der Waals surface area contributed by atoms with Gasteiger partial charge in [-0.15, -0.1) is 0 Å². The van der Waals surface area contributed by atoms with E-state index in [9.17, 15) is 0 Å². The molecule has 1 unspecified atom stereocenters. The van der Waals surface area contributed by atoms with Gasteiger partial charge in [0.05, 0.1) is 0 Å². The molecule has 0 fully saturated rings. The number of nitriles is 1. The van der Waals surface area contributed by atoms with Crippen LogP contribution in [0.25, 0.3) is 0 Å². The molecule has 3 heteroatoms. The largest absolute Gasteiger partial charge is 0.348 e. The fourth-order valence-electron chi connectivity index (χ4n) is 0.0408. The molecule has 34 valence electrons. The highest BCUT2D eigenvalue weighted by molar-refractivity contribution is 7.56. The summed E-state index contributed by atoms with van der Waals surface area (Å²) in [5, 5.41) is 7.99. The molecule has 0 saturated heterocycles. The Morgan fingerprint density at radius 3 is 2.33 bits per heavy atom. The Morgan fingerprint density at radius 1 is 1.83 bits per heavy atom. The van der Waals surface area contributed by atoms with Crippen molar-refractivity contribution in [1.82, 2.24) is 0 Å². The molecule has 0 aliphatic heterocycles. The molecular weight excluding hydrogens is 97.0 g/mol. The summed E-state index contributed by atoms with van der Waals surface area (Å²) in [6, 6.07) is 0. The van der Waals surface area contributed by atoms with E-state index in [0.29, 0.717) is 0 Å². The Labute approximate surface area is 38.6 Å². The summed E-state index contributed by atoms with van der Waals surface area (Å²) in [4.78, 5) is 0. The Hall–Kier alpha value is -0.120. The lowest BCUT2D eigenvalue weighted by atomic mass is 11.8. The lowest BCUT2D eigenvalue weighted by molar-refractivity contribution is 0.471. The van der Waals surface area contributed by atoms with E-state index in [-0.39, 0.29) is 0 Å². The number of rotatable bonds is 1. The molecule has 0 saturated carbocycles. The monoisotopic (exact) mass is 103 g/mol. The summed E-state index contributed by atoms with van der Waals surface area (Å²) < 4.78 is 4.60. The minimum absolute atomic E-state index is 0.771. The van der Waals surface area contributed by atoms with Crippen molar-refractivity contribution in [3.05, 3.63) is 0 Å². The number of nitrogens with zero attached hydrogens (tertiary/aromatic N) is 1. The van der Waals surface area contributed by atoms with Crippen molar-refractivity contribution in [2.24, 2.45) is 0 Å². The molecule has 0 radical (unpaired) electrons. The van der Waals surface area contributed by atoms with Gasteiger partial charge in [0.15, 0.2) is 0 Å². The van der Waals surface area contributed by atoms with E-state index in [1.54, 1.807) is 6.66 Å². The van der Waals surface area contributed by atoms with E-state index in [0.717, 1.165) is 0 Å². The van der Waals surface area contributed by atoms with Gasteiger partial charge in [-0.25, -0.2) is 0 Å². The van der Waals surface area contributed by atoms with Crippen LogP contribution >= 0.6 is 8.15 Å². The highest BCUT2D eigenvalue weighted by Gasteiger charge is 1.88. The van der Waals surface area contributed by atoms with Crippen LogP contribution in [0.3, 0.4) is 0 Å². The smallest absolute Gasteiger partial charge is 0.133 e. The third-order valence-corrected chi connectivity index (χ3v) is 1.24. The van der Waals surface area contributed by atoms with Crippen LogP contribution in [0.5, 0.6) is 0 Å². The first-order valence-corrected chi connectivity index (χ1v) is 3.19. The van der Waals surface area contributed by atoms with Gasteiger partial charge in [-0.1, -0.05) is 0 Å². The molecule has 6 heavy (non-hydrogen) atoms. The maximum absolute atomic E-state index is 7.99.